The number of allylic oxidation sites excluding steroid dienone is 1. The van der Waals surface area contributed by atoms with Crippen molar-refractivity contribution in [3.8, 4) is 0 Å². The van der Waals surface area contributed by atoms with Crippen LogP contribution >= 0.6 is 11.6 Å². The van der Waals surface area contributed by atoms with Gasteiger partial charge in [-0.2, -0.15) is 0 Å². The van der Waals surface area contributed by atoms with Gasteiger partial charge in [-0.3, -0.25) is 9.59 Å². The number of fused-ring (bicyclic) bond motifs is 1. The average Bonchev–Trinajstić information content (AvgIpc) is 2.96. The van der Waals surface area contributed by atoms with E-state index in [-0.39, 0.29) is 18.7 Å². The van der Waals surface area contributed by atoms with Crippen LogP contribution in [0.2, 0.25) is 5.02 Å². The molecule has 1 heterocycles. The molecule has 4 rings (SSSR count). The van der Waals surface area contributed by atoms with Gasteiger partial charge in [0, 0.05) is 10.6 Å². The van der Waals surface area contributed by atoms with E-state index in [1.807, 2.05) is 48.5 Å². The molecule has 1 aliphatic rings. The van der Waals surface area contributed by atoms with Crippen molar-refractivity contribution < 1.29 is 14.7 Å². The smallest absolute Gasteiger partial charge is 0.264 e. The number of benzene rings is 3. The van der Waals surface area contributed by atoms with E-state index in [0.717, 1.165) is 11.1 Å². The summed E-state index contributed by atoms with van der Waals surface area (Å²) in [5.41, 5.74) is 0.925. The Balaban J connectivity index is 1.59. The monoisotopic (exact) mass is 417 g/mol. The van der Waals surface area contributed by atoms with E-state index in [1.54, 1.807) is 36.4 Å². The summed E-state index contributed by atoms with van der Waals surface area (Å²) < 4.78 is 0. The second-order valence-electron chi connectivity index (χ2n) is 7.28. The number of amides is 1. The van der Waals surface area contributed by atoms with Crippen molar-refractivity contribution in [1.82, 2.24) is 0 Å². The van der Waals surface area contributed by atoms with Crippen molar-refractivity contribution in [3.63, 3.8) is 0 Å². The predicted octanol–water partition coefficient (Wildman–Crippen LogP) is 4.75. The van der Waals surface area contributed by atoms with Crippen molar-refractivity contribution in [1.29, 1.82) is 0 Å². The van der Waals surface area contributed by atoms with Crippen molar-refractivity contribution in [2.24, 2.45) is 0 Å². The zero-order valence-electron chi connectivity index (χ0n) is 16.2. The lowest BCUT2D eigenvalue weighted by Crippen LogP contribution is -2.41. The number of aliphatic hydroxyl groups is 1. The second-order valence-corrected chi connectivity index (χ2v) is 7.72. The summed E-state index contributed by atoms with van der Waals surface area (Å²) in [7, 11) is 0. The fraction of sp³-hybridized carbons (Fsp3) is 0.120. The Morgan fingerprint density at radius 2 is 1.63 bits per heavy atom. The zero-order chi connectivity index (χ0) is 21.1. The molecule has 0 fully saturated rings. The van der Waals surface area contributed by atoms with Crippen LogP contribution in [0.15, 0.2) is 84.9 Å². The topological polar surface area (TPSA) is 57.6 Å². The molecule has 1 atom stereocenters. The highest BCUT2D eigenvalue weighted by Crippen LogP contribution is 2.43. The average molecular weight is 418 g/mol. The highest BCUT2D eigenvalue weighted by atomic mass is 35.5. The zero-order valence-corrected chi connectivity index (χ0v) is 16.9. The number of carbonyl (C=O) groups excluding carboxylic acids is 2. The molecule has 1 aliphatic heterocycles. The number of para-hydroxylation sites is 1. The molecular formula is C25H20ClNO3. The second kappa shape index (κ2) is 8.27. The molecule has 0 spiro atoms. The molecule has 0 saturated carbocycles. The van der Waals surface area contributed by atoms with Crippen LogP contribution in [-0.2, 0) is 21.7 Å². The van der Waals surface area contributed by atoms with Gasteiger partial charge >= 0.3 is 0 Å². The quantitative estimate of drug-likeness (QED) is 0.589. The Labute approximate surface area is 180 Å². The van der Waals surface area contributed by atoms with Gasteiger partial charge in [0.15, 0.2) is 11.4 Å². The van der Waals surface area contributed by atoms with Crippen molar-refractivity contribution in [3.05, 3.63) is 107 Å². The summed E-state index contributed by atoms with van der Waals surface area (Å²) in [5.74, 6) is -0.821. The van der Waals surface area contributed by atoms with E-state index in [2.05, 4.69) is 0 Å². The van der Waals surface area contributed by atoms with Gasteiger partial charge in [0.1, 0.15) is 0 Å². The van der Waals surface area contributed by atoms with E-state index in [1.165, 1.54) is 11.0 Å². The third-order valence-electron chi connectivity index (χ3n) is 5.18. The SMILES string of the molecule is O=C(/C=C\c1ccccc1)C[C@@]1(O)C(=O)N(Cc2ccc(Cl)cc2)c2ccccc21. The van der Waals surface area contributed by atoms with E-state index in [0.29, 0.717) is 16.3 Å². The standard InChI is InChI=1S/C25H20ClNO3/c26-20-13-10-19(11-14-20)17-27-23-9-5-4-8-22(23)25(30,24(27)29)16-21(28)15-12-18-6-2-1-3-7-18/h1-15,30H,16-17H2/b15-12-/t25-/m0/s1. The highest BCUT2D eigenvalue weighted by molar-refractivity contribution is 6.30. The number of hydrogen-bond acceptors (Lipinski definition) is 3. The number of hydrogen-bond donors (Lipinski definition) is 1. The largest absolute Gasteiger partial charge is 0.375 e. The third-order valence-corrected chi connectivity index (χ3v) is 5.44. The molecule has 0 saturated heterocycles. The van der Waals surface area contributed by atoms with Gasteiger partial charge in [0.25, 0.3) is 5.91 Å². The molecule has 0 aromatic heterocycles. The number of halogens is 1. The number of rotatable bonds is 6. The lowest BCUT2D eigenvalue weighted by Gasteiger charge is -2.22. The van der Waals surface area contributed by atoms with Gasteiger partial charge in [-0.25, -0.2) is 0 Å². The molecular weight excluding hydrogens is 398 g/mol. The maximum absolute atomic E-state index is 13.2. The molecule has 0 aliphatic carbocycles. The van der Waals surface area contributed by atoms with Gasteiger partial charge < -0.3 is 10.0 Å². The van der Waals surface area contributed by atoms with Gasteiger partial charge in [-0.15, -0.1) is 0 Å². The number of nitrogens with zero attached hydrogens (tertiary/aromatic N) is 1. The van der Waals surface area contributed by atoms with Crippen LogP contribution in [-0.4, -0.2) is 16.8 Å². The highest BCUT2D eigenvalue weighted by Gasteiger charge is 2.50. The molecule has 3 aromatic carbocycles. The first-order chi connectivity index (χ1) is 14.5. The Hall–Kier alpha value is -3.21. The van der Waals surface area contributed by atoms with Crippen LogP contribution in [0.5, 0.6) is 0 Å². The summed E-state index contributed by atoms with van der Waals surface area (Å²) in [6.07, 6.45) is 2.77. The summed E-state index contributed by atoms with van der Waals surface area (Å²) in [4.78, 5) is 27.4. The molecule has 5 heteroatoms. The minimum atomic E-state index is -1.89. The molecule has 4 nitrogen and oxygen atoms in total. The van der Waals surface area contributed by atoms with Crippen LogP contribution in [0.25, 0.3) is 6.08 Å². The maximum atomic E-state index is 13.2. The van der Waals surface area contributed by atoms with Gasteiger partial charge in [0.05, 0.1) is 18.7 Å². The molecule has 150 valence electrons. The summed E-state index contributed by atoms with van der Waals surface area (Å²) in [6, 6.07) is 23.6. The normalized spacial score (nSPS) is 18.1. The maximum Gasteiger partial charge on any atom is 0.264 e. The van der Waals surface area contributed by atoms with Crippen LogP contribution in [0, 0.1) is 0 Å². The lowest BCUT2D eigenvalue weighted by atomic mass is 9.89. The van der Waals surface area contributed by atoms with E-state index >= 15 is 0 Å². The van der Waals surface area contributed by atoms with Gasteiger partial charge in [-0.1, -0.05) is 78.3 Å². The minimum Gasteiger partial charge on any atom is -0.375 e. The van der Waals surface area contributed by atoms with Gasteiger partial charge in [0.2, 0.25) is 0 Å². The van der Waals surface area contributed by atoms with E-state index in [9.17, 15) is 14.7 Å². The van der Waals surface area contributed by atoms with Crippen molar-refractivity contribution in [2.75, 3.05) is 4.90 Å². The molecule has 0 unspecified atom stereocenters. The Kier molecular flexibility index (Phi) is 5.53. The Bertz CT molecular complexity index is 1110. The first kappa shape index (κ1) is 20.1. The molecule has 0 radical (unpaired) electrons. The van der Waals surface area contributed by atoms with Crippen molar-refractivity contribution >= 4 is 35.1 Å². The summed E-state index contributed by atoms with van der Waals surface area (Å²) >= 11 is 5.95. The van der Waals surface area contributed by atoms with E-state index in [4.69, 9.17) is 11.6 Å². The lowest BCUT2D eigenvalue weighted by molar-refractivity contribution is -0.140. The Morgan fingerprint density at radius 1 is 0.967 bits per heavy atom. The molecule has 30 heavy (non-hydrogen) atoms. The summed E-state index contributed by atoms with van der Waals surface area (Å²) in [5, 5.41) is 11.9. The fourth-order valence-electron chi connectivity index (χ4n) is 3.67. The molecule has 1 N–H and O–H groups in total. The van der Waals surface area contributed by atoms with Crippen LogP contribution < -0.4 is 4.90 Å². The third kappa shape index (κ3) is 3.92. The molecule has 3 aromatic rings. The number of anilines is 1. The van der Waals surface area contributed by atoms with Crippen LogP contribution in [0.3, 0.4) is 0 Å². The fourth-order valence-corrected chi connectivity index (χ4v) is 3.80. The summed E-state index contributed by atoms with van der Waals surface area (Å²) in [6.45, 7) is 0.281. The predicted molar refractivity (Wildman–Crippen MR) is 118 cm³/mol. The molecule has 1 amide bonds. The van der Waals surface area contributed by atoms with E-state index < -0.39 is 11.5 Å². The van der Waals surface area contributed by atoms with Crippen molar-refractivity contribution in [2.45, 2.75) is 18.6 Å². The van der Waals surface area contributed by atoms with Gasteiger partial charge in [-0.05, 0) is 35.4 Å². The first-order valence-electron chi connectivity index (χ1n) is 9.62. The minimum absolute atomic E-state index is 0.281. The Morgan fingerprint density at radius 3 is 2.37 bits per heavy atom. The number of carbonyl (C=O) groups is 2. The number of ketones is 1. The first-order valence-corrected chi connectivity index (χ1v) is 9.99. The van der Waals surface area contributed by atoms with Crippen LogP contribution in [0.1, 0.15) is 23.1 Å². The molecule has 0 bridgehead atoms. The van der Waals surface area contributed by atoms with Crippen LogP contribution in [0.4, 0.5) is 5.69 Å².